The fraction of sp³-hybridized carbons (Fsp3) is 0.923. The third kappa shape index (κ3) is 3.96. The Hall–Kier alpha value is -0.610. The molecule has 1 aliphatic rings. The van der Waals surface area contributed by atoms with Gasteiger partial charge in [0.25, 0.3) is 0 Å². The van der Waals surface area contributed by atoms with Gasteiger partial charge in [-0.25, -0.2) is 0 Å². The number of unbranched alkanes of at least 4 members (excludes halogenated alkanes) is 3. The van der Waals surface area contributed by atoms with Crippen molar-refractivity contribution >= 4 is 5.97 Å². The topological polar surface area (TPSA) is 60.8 Å². The lowest BCUT2D eigenvalue weighted by atomic mass is 9.84. The number of likely N-dealkylation sites (tertiary alicyclic amines) is 1. The lowest BCUT2D eigenvalue weighted by molar-refractivity contribution is -0.148. The van der Waals surface area contributed by atoms with Gasteiger partial charge in [-0.15, -0.1) is 0 Å². The standard InChI is InChI=1S/C13H25NO3/c1-2-13(12(16)17)7-9-14(11-13)8-5-3-4-6-10-15/h15H,2-11H2,1H3,(H,16,17). The Balaban J connectivity index is 2.23. The van der Waals surface area contributed by atoms with Crippen LogP contribution in [0.2, 0.25) is 0 Å². The second kappa shape index (κ2) is 6.97. The van der Waals surface area contributed by atoms with E-state index in [0.29, 0.717) is 6.54 Å². The van der Waals surface area contributed by atoms with E-state index >= 15 is 0 Å². The molecule has 1 rings (SSSR count). The van der Waals surface area contributed by atoms with Gasteiger partial charge in [-0.3, -0.25) is 4.79 Å². The van der Waals surface area contributed by atoms with E-state index in [1.165, 1.54) is 0 Å². The highest BCUT2D eigenvalue weighted by Gasteiger charge is 2.42. The maximum atomic E-state index is 11.3. The van der Waals surface area contributed by atoms with Gasteiger partial charge in [-0.1, -0.05) is 19.8 Å². The van der Waals surface area contributed by atoms with E-state index in [-0.39, 0.29) is 6.61 Å². The number of carbonyl (C=O) groups is 1. The molecule has 1 heterocycles. The molecule has 0 radical (unpaired) electrons. The molecule has 0 aromatic heterocycles. The number of nitrogens with zero attached hydrogens (tertiary/aromatic N) is 1. The van der Waals surface area contributed by atoms with Crippen molar-refractivity contribution in [2.24, 2.45) is 5.41 Å². The van der Waals surface area contributed by atoms with Crippen LogP contribution in [0.5, 0.6) is 0 Å². The molecule has 0 spiro atoms. The van der Waals surface area contributed by atoms with Crippen molar-refractivity contribution in [1.29, 1.82) is 0 Å². The Bertz CT molecular complexity index is 245. The van der Waals surface area contributed by atoms with Gasteiger partial charge in [0.1, 0.15) is 0 Å². The predicted octanol–water partition coefficient (Wildman–Crippen LogP) is 1.73. The van der Waals surface area contributed by atoms with Crippen molar-refractivity contribution in [3.8, 4) is 0 Å². The number of aliphatic carboxylic acids is 1. The van der Waals surface area contributed by atoms with Gasteiger partial charge < -0.3 is 15.1 Å². The predicted molar refractivity (Wildman–Crippen MR) is 67.0 cm³/mol. The van der Waals surface area contributed by atoms with Gasteiger partial charge in [0.05, 0.1) is 5.41 Å². The fourth-order valence-corrected chi connectivity index (χ4v) is 2.56. The number of hydrogen-bond donors (Lipinski definition) is 2. The maximum absolute atomic E-state index is 11.3. The molecule has 4 nitrogen and oxygen atoms in total. The van der Waals surface area contributed by atoms with Crippen LogP contribution >= 0.6 is 0 Å². The summed E-state index contributed by atoms with van der Waals surface area (Å²) in [7, 11) is 0. The van der Waals surface area contributed by atoms with Crippen LogP contribution in [0.15, 0.2) is 0 Å². The fourth-order valence-electron chi connectivity index (χ4n) is 2.56. The van der Waals surface area contributed by atoms with E-state index < -0.39 is 11.4 Å². The summed E-state index contributed by atoms with van der Waals surface area (Å²) in [5.41, 5.74) is -0.495. The van der Waals surface area contributed by atoms with Crippen LogP contribution in [0.4, 0.5) is 0 Å². The molecule has 4 heteroatoms. The minimum atomic E-state index is -0.636. The van der Waals surface area contributed by atoms with Crippen LogP contribution < -0.4 is 0 Å². The van der Waals surface area contributed by atoms with Crippen molar-refractivity contribution < 1.29 is 15.0 Å². The maximum Gasteiger partial charge on any atom is 0.310 e. The number of hydrogen-bond acceptors (Lipinski definition) is 3. The Kier molecular flexibility index (Phi) is 5.92. The summed E-state index contributed by atoms with van der Waals surface area (Å²) in [6, 6.07) is 0. The minimum absolute atomic E-state index is 0.279. The summed E-state index contributed by atoms with van der Waals surface area (Å²) < 4.78 is 0. The second-order valence-electron chi connectivity index (χ2n) is 5.10. The van der Waals surface area contributed by atoms with Crippen molar-refractivity contribution in [3.05, 3.63) is 0 Å². The zero-order valence-electron chi connectivity index (χ0n) is 10.8. The summed E-state index contributed by atoms with van der Waals surface area (Å²) >= 11 is 0. The average Bonchev–Trinajstić information content (AvgIpc) is 2.74. The van der Waals surface area contributed by atoms with Gasteiger partial charge in [-0.2, -0.15) is 0 Å². The summed E-state index contributed by atoms with van der Waals surface area (Å²) in [5.74, 6) is -0.636. The highest BCUT2D eigenvalue weighted by atomic mass is 16.4. The third-order valence-electron chi connectivity index (χ3n) is 3.95. The van der Waals surface area contributed by atoms with E-state index in [1.54, 1.807) is 0 Å². The molecule has 17 heavy (non-hydrogen) atoms. The quantitative estimate of drug-likeness (QED) is 0.637. The van der Waals surface area contributed by atoms with E-state index in [0.717, 1.165) is 51.6 Å². The van der Waals surface area contributed by atoms with Crippen LogP contribution in [-0.4, -0.2) is 47.3 Å². The molecule has 0 saturated carbocycles. The van der Waals surface area contributed by atoms with Gasteiger partial charge in [-0.05, 0) is 38.8 Å². The Morgan fingerprint density at radius 1 is 1.29 bits per heavy atom. The monoisotopic (exact) mass is 243 g/mol. The summed E-state index contributed by atoms with van der Waals surface area (Å²) in [6.45, 7) is 4.87. The lowest BCUT2D eigenvalue weighted by Crippen LogP contribution is -2.34. The van der Waals surface area contributed by atoms with Crippen molar-refractivity contribution in [2.45, 2.75) is 45.4 Å². The van der Waals surface area contributed by atoms with Crippen molar-refractivity contribution in [2.75, 3.05) is 26.2 Å². The lowest BCUT2D eigenvalue weighted by Gasteiger charge is -2.23. The van der Waals surface area contributed by atoms with Crippen LogP contribution in [-0.2, 0) is 4.79 Å². The molecule has 1 atom stereocenters. The van der Waals surface area contributed by atoms with Gasteiger partial charge >= 0.3 is 5.97 Å². The van der Waals surface area contributed by atoms with Crippen LogP contribution in [0.3, 0.4) is 0 Å². The first kappa shape index (κ1) is 14.5. The molecule has 1 aliphatic heterocycles. The molecular formula is C13H25NO3. The van der Waals surface area contributed by atoms with Crippen LogP contribution in [0.1, 0.15) is 45.4 Å². The van der Waals surface area contributed by atoms with Gasteiger partial charge in [0.15, 0.2) is 0 Å². The molecule has 0 aliphatic carbocycles. The van der Waals surface area contributed by atoms with E-state index in [9.17, 15) is 9.90 Å². The van der Waals surface area contributed by atoms with Crippen LogP contribution in [0.25, 0.3) is 0 Å². The zero-order valence-corrected chi connectivity index (χ0v) is 10.8. The first-order valence-corrected chi connectivity index (χ1v) is 6.71. The number of carboxylic acids is 1. The first-order valence-electron chi connectivity index (χ1n) is 6.71. The summed E-state index contributed by atoms with van der Waals surface area (Å²) in [5, 5.41) is 17.9. The number of aliphatic hydroxyl groups is 1. The summed E-state index contributed by atoms with van der Waals surface area (Å²) in [6.07, 6.45) is 5.71. The molecule has 1 unspecified atom stereocenters. The highest BCUT2D eigenvalue weighted by Crippen LogP contribution is 2.34. The molecule has 0 amide bonds. The average molecular weight is 243 g/mol. The molecule has 0 aromatic rings. The molecule has 0 aromatic carbocycles. The zero-order chi connectivity index (χ0) is 12.7. The van der Waals surface area contributed by atoms with Crippen LogP contribution in [0, 0.1) is 5.41 Å². The molecule has 0 bridgehead atoms. The molecule has 1 saturated heterocycles. The van der Waals surface area contributed by atoms with E-state index in [1.807, 2.05) is 6.92 Å². The SMILES string of the molecule is CCC1(C(=O)O)CCN(CCCCCCO)C1. The third-order valence-corrected chi connectivity index (χ3v) is 3.95. The molecule has 1 fully saturated rings. The van der Waals surface area contributed by atoms with Crippen molar-refractivity contribution in [3.63, 3.8) is 0 Å². The Morgan fingerprint density at radius 2 is 2.00 bits per heavy atom. The Morgan fingerprint density at radius 3 is 2.53 bits per heavy atom. The number of aliphatic hydroxyl groups excluding tert-OH is 1. The molecule has 2 N–H and O–H groups in total. The smallest absolute Gasteiger partial charge is 0.310 e. The van der Waals surface area contributed by atoms with Gasteiger partial charge in [0.2, 0.25) is 0 Å². The number of carboxylic acid groups (broad SMARTS) is 1. The number of rotatable bonds is 8. The van der Waals surface area contributed by atoms with E-state index in [4.69, 9.17) is 5.11 Å². The van der Waals surface area contributed by atoms with Crippen molar-refractivity contribution in [1.82, 2.24) is 4.90 Å². The minimum Gasteiger partial charge on any atom is -0.481 e. The second-order valence-corrected chi connectivity index (χ2v) is 5.10. The normalized spacial score (nSPS) is 25.3. The first-order chi connectivity index (χ1) is 8.14. The largest absolute Gasteiger partial charge is 0.481 e. The van der Waals surface area contributed by atoms with E-state index in [2.05, 4.69) is 4.90 Å². The summed E-state index contributed by atoms with van der Waals surface area (Å²) in [4.78, 5) is 13.5. The Labute approximate surface area is 104 Å². The highest BCUT2D eigenvalue weighted by molar-refractivity contribution is 5.75. The molecule has 100 valence electrons. The van der Waals surface area contributed by atoms with Gasteiger partial charge in [0, 0.05) is 13.2 Å². The molecular weight excluding hydrogens is 218 g/mol.